The van der Waals surface area contributed by atoms with E-state index < -0.39 is 11.4 Å². The topological polar surface area (TPSA) is 74.9 Å². The number of amides is 1. The second-order valence-corrected chi connectivity index (χ2v) is 4.12. The third-order valence-electron chi connectivity index (χ3n) is 2.71. The summed E-state index contributed by atoms with van der Waals surface area (Å²) in [5.74, 6) is -0.409. The molecule has 1 atom stereocenters. The SMILES string of the molecule is CCC(C)(C#N)NC(=O)c1ccn(C)c(=O)c1. The van der Waals surface area contributed by atoms with Crippen LogP contribution >= 0.6 is 0 Å². The number of pyridine rings is 1. The Morgan fingerprint density at radius 2 is 2.29 bits per heavy atom. The molecule has 90 valence electrons. The van der Waals surface area contributed by atoms with E-state index in [1.807, 2.05) is 13.0 Å². The highest BCUT2D eigenvalue weighted by atomic mass is 16.2. The van der Waals surface area contributed by atoms with Crippen LogP contribution in [-0.4, -0.2) is 16.0 Å². The van der Waals surface area contributed by atoms with Crippen molar-refractivity contribution < 1.29 is 4.79 Å². The van der Waals surface area contributed by atoms with Gasteiger partial charge in [-0.3, -0.25) is 9.59 Å². The monoisotopic (exact) mass is 233 g/mol. The molecule has 17 heavy (non-hydrogen) atoms. The fraction of sp³-hybridized carbons (Fsp3) is 0.417. The largest absolute Gasteiger partial charge is 0.334 e. The molecular formula is C12H15N3O2. The lowest BCUT2D eigenvalue weighted by atomic mass is 10.0. The lowest BCUT2D eigenvalue weighted by molar-refractivity contribution is 0.0922. The van der Waals surface area contributed by atoms with Gasteiger partial charge < -0.3 is 9.88 Å². The summed E-state index contributed by atoms with van der Waals surface area (Å²) in [6, 6.07) is 4.84. The van der Waals surface area contributed by atoms with Gasteiger partial charge >= 0.3 is 0 Å². The first-order chi connectivity index (χ1) is 7.91. The Labute approximate surface area is 99.7 Å². The van der Waals surface area contributed by atoms with Gasteiger partial charge in [0.1, 0.15) is 5.54 Å². The second kappa shape index (κ2) is 4.83. The average molecular weight is 233 g/mol. The van der Waals surface area contributed by atoms with Gasteiger partial charge in [0, 0.05) is 24.9 Å². The maximum absolute atomic E-state index is 11.8. The van der Waals surface area contributed by atoms with Gasteiger partial charge in [0.05, 0.1) is 6.07 Å². The molecule has 5 heteroatoms. The molecule has 0 aromatic carbocycles. The van der Waals surface area contributed by atoms with E-state index in [-0.39, 0.29) is 11.1 Å². The Hall–Kier alpha value is -2.09. The quantitative estimate of drug-likeness (QED) is 0.839. The summed E-state index contributed by atoms with van der Waals surface area (Å²) in [7, 11) is 1.61. The first kappa shape index (κ1) is 13.0. The number of nitriles is 1. The van der Waals surface area contributed by atoms with Crippen LogP contribution in [0.4, 0.5) is 0 Å². The summed E-state index contributed by atoms with van der Waals surface area (Å²) in [6.45, 7) is 3.46. The Kier molecular flexibility index (Phi) is 3.69. The first-order valence-corrected chi connectivity index (χ1v) is 5.32. The van der Waals surface area contributed by atoms with E-state index in [2.05, 4.69) is 5.32 Å². The molecular weight excluding hydrogens is 218 g/mol. The first-order valence-electron chi connectivity index (χ1n) is 5.32. The van der Waals surface area contributed by atoms with Crippen LogP contribution in [0.5, 0.6) is 0 Å². The van der Waals surface area contributed by atoms with Crippen LogP contribution in [0.25, 0.3) is 0 Å². The molecule has 1 amide bonds. The minimum absolute atomic E-state index is 0.257. The molecule has 0 spiro atoms. The number of nitrogens with one attached hydrogen (secondary N) is 1. The van der Waals surface area contributed by atoms with E-state index in [1.54, 1.807) is 20.0 Å². The lowest BCUT2D eigenvalue weighted by Gasteiger charge is -2.21. The Morgan fingerprint density at radius 1 is 1.65 bits per heavy atom. The molecule has 1 N–H and O–H groups in total. The van der Waals surface area contributed by atoms with Crippen LogP contribution in [0, 0.1) is 11.3 Å². The smallest absolute Gasteiger partial charge is 0.252 e. The van der Waals surface area contributed by atoms with Gasteiger partial charge in [-0.1, -0.05) is 6.92 Å². The molecule has 1 aromatic heterocycles. The molecule has 0 aliphatic rings. The summed E-state index contributed by atoms with van der Waals surface area (Å²) in [5, 5.41) is 11.6. The standard InChI is InChI=1S/C12H15N3O2/c1-4-12(2,8-13)14-11(17)9-5-6-15(3)10(16)7-9/h5-7H,4H2,1-3H3,(H,14,17). The van der Waals surface area contributed by atoms with Crippen molar-refractivity contribution in [3.05, 3.63) is 34.2 Å². The normalized spacial score (nSPS) is 13.5. The maximum atomic E-state index is 11.8. The summed E-state index contributed by atoms with van der Waals surface area (Å²) in [5.41, 5.74) is -0.895. The summed E-state index contributed by atoms with van der Waals surface area (Å²) in [4.78, 5) is 23.2. The summed E-state index contributed by atoms with van der Waals surface area (Å²) in [6.07, 6.45) is 2.02. The van der Waals surface area contributed by atoms with Crippen molar-refractivity contribution in [2.75, 3.05) is 0 Å². The zero-order chi connectivity index (χ0) is 13.1. The number of hydrogen-bond acceptors (Lipinski definition) is 3. The van der Waals surface area contributed by atoms with E-state index >= 15 is 0 Å². The highest BCUT2D eigenvalue weighted by Crippen LogP contribution is 2.08. The number of nitrogens with zero attached hydrogens (tertiary/aromatic N) is 2. The lowest BCUT2D eigenvalue weighted by Crippen LogP contribution is -2.44. The average Bonchev–Trinajstić information content (AvgIpc) is 2.32. The van der Waals surface area contributed by atoms with Gasteiger partial charge in [-0.05, 0) is 19.4 Å². The molecule has 0 saturated carbocycles. The molecule has 1 heterocycles. The van der Waals surface area contributed by atoms with Crippen molar-refractivity contribution >= 4 is 5.91 Å². The van der Waals surface area contributed by atoms with Crippen LogP contribution in [0.15, 0.2) is 23.1 Å². The zero-order valence-corrected chi connectivity index (χ0v) is 10.2. The minimum atomic E-state index is -0.905. The van der Waals surface area contributed by atoms with Gasteiger partial charge in [-0.15, -0.1) is 0 Å². The van der Waals surface area contributed by atoms with E-state index in [0.717, 1.165) is 0 Å². The predicted molar refractivity (Wildman–Crippen MR) is 63.5 cm³/mol. The van der Waals surface area contributed by atoms with E-state index in [4.69, 9.17) is 5.26 Å². The molecule has 1 aromatic rings. The van der Waals surface area contributed by atoms with Crippen molar-refractivity contribution in [1.29, 1.82) is 5.26 Å². The van der Waals surface area contributed by atoms with Gasteiger partial charge in [0.2, 0.25) is 0 Å². The molecule has 1 rings (SSSR count). The zero-order valence-electron chi connectivity index (χ0n) is 10.2. The summed E-state index contributed by atoms with van der Waals surface area (Å²) >= 11 is 0. The maximum Gasteiger partial charge on any atom is 0.252 e. The van der Waals surface area contributed by atoms with Crippen LogP contribution in [-0.2, 0) is 7.05 Å². The van der Waals surface area contributed by atoms with Gasteiger partial charge in [0.25, 0.3) is 11.5 Å². The fourth-order valence-corrected chi connectivity index (χ4v) is 1.21. The Bertz CT molecular complexity index is 527. The number of rotatable bonds is 3. The highest BCUT2D eigenvalue weighted by Gasteiger charge is 2.24. The van der Waals surface area contributed by atoms with Crippen molar-refractivity contribution in [2.24, 2.45) is 7.05 Å². The molecule has 0 fully saturated rings. The van der Waals surface area contributed by atoms with Gasteiger partial charge in [-0.2, -0.15) is 5.26 Å². The second-order valence-electron chi connectivity index (χ2n) is 4.12. The molecule has 0 aliphatic carbocycles. The van der Waals surface area contributed by atoms with Crippen LogP contribution < -0.4 is 10.9 Å². The number of hydrogen-bond donors (Lipinski definition) is 1. The van der Waals surface area contributed by atoms with E-state index in [9.17, 15) is 9.59 Å². The van der Waals surface area contributed by atoms with Crippen LogP contribution in [0.2, 0.25) is 0 Å². The number of aryl methyl sites for hydroxylation is 1. The number of aromatic nitrogens is 1. The van der Waals surface area contributed by atoms with Gasteiger partial charge in [0.15, 0.2) is 0 Å². The molecule has 5 nitrogen and oxygen atoms in total. The van der Waals surface area contributed by atoms with Crippen LogP contribution in [0.1, 0.15) is 30.6 Å². The van der Waals surface area contributed by atoms with Gasteiger partial charge in [-0.25, -0.2) is 0 Å². The third kappa shape index (κ3) is 2.94. The van der Waals surface area contributed by atoms with E-state index in [1.165, 1.54) is 16.8 Å². The Morgan fingerprint density at radius 3 is 2.76 bits per heavy atom. The Balaban J connectivity index is 2.95. The molecule has 0 radical (unpaired) electrons. The number of carbonyl (C=O) groups excluding carboxylic acids is 1. The third-order valence-corrected chi connectivity index (χ3v) is 2.71. The minimum Gasteiger partial charge on any atom is -0.334 e. The van der Waals surface area contributed by atoms with E-state index in [0.29, 0.717) is 6.42 Å². The highest BCUT2D eigenvalue weighted by molar-refractivity contribution is 5.94. The molecule has 0 bridgehead atoms. The van der Waals surface area contributed by atoms with Crippen LogP contribution in [0.3, 0.4) is 0 Å². The molecule has 0 saturated heterocycles. The molecule has 1 unspecified atom stereocenters. The number of carbonyl (C=O) groups is 1. The predicted octanol–water partition coefficient (Wildman–Crippen LogP) is 0.807. The van der Waals surface area contributed by atoms with Crippen molar-refractivity contribution in [2.45, 2.75) is 25.8 Å². The molecule has 0 aliphatic heterocycles. The van der Waals surface area contributed by atoms with Crippen molar-refractivity contribution in [1.82, 2.24) is 9.88 Å². The van der Waals surface area contributed by atoms with Crippen molar-refractivity contribution in [3.8, 4) is 6.07 Å². The summed E-state index contributed by atoms with van der Waals surface area (Å²) < 4.78 is 1.38. The van der Waals surface area contributed by atoms with Crippen molar-refractivity contribution in [3.63, 3.8) is 0 Å². The fourth-order valence-electron chi connectivity index (χ4n) is 1.21.